The number of alkyl halides is 3. The molecule has 0 amide bonds. The van der Waals surface area contributed by atoms with E-state index in [1.807, 2.05) is 6.07 Å². The fraction of sp³-hybridized carbons (Fsp3) is 0.0800. The number of ether oxygens (including phenoxy) is 2. The van der Waals surface area contributed by atoms with Crippen LogP contribution in [0.15, 0.2) is 70.7 Å². The number of halogens is 4. The number of nitrogens with one attached hydrogen (secondary N) is 2. The Hall–Kier alpha value is -4.89. The highest BCUT2D eigenvalue weighted by Gasteiger charge is 2.32. The number of rotatable bonds is 7. The minimum absolute atomic E-state index is 0.0399. The number of methoxy groups -OCH3 is 1. The van der Waals surface area contributed by atoms with Crippen LogP contribution in [0.3, 0.4) is 0 Å². The highest BCUT2D eigenvalue weighted by Crippen LogP contribution is 2.38. The van der Waals surface area contributed by atoms with E-state index in [9.17, 15) is 23.2 Å². The Morgan fingerprint density at radius 3 is 2.61 bits per heavy atom. The number of H-pyrrole nitrogens is 1. The van der Waals surface area contributed by atoms with Crippen molar-refractivity contribution in [2.24, 2.45) is 5.10 Å². The van der Waals surface area contributed by atoms with Gasteiger partial charge in [0.05, 0.1) is 24.6 Å². The molecule has 0 bridgehead atoms. The molecule has 4 rings (SSSR count). The molecule has 9 nitrogen and oxygen atoms in total. The minimum atomic E-state index is -4.62. The zero-order valence-corrected chi connectivity index (χ0v) is 20.1. The van der Waals surface area contributed by atoms with Gasteiger partial charge in [0.1, 0.15) is 16.7 Å². The number of nitrogens with zero attached hydrogens (tertiary/aromatic N) is 4. The molecule has 0 spiro atoms. The lowest BCUT2D eigenvalue weighted by atomic mass is 10.1. The lowest BCUT2D eigenvalue weighted by molar-refractivity contribution is -0.137. The molecule has 192 valence electrons. The maximum Gasteiger partial charge on any atom is 0.417 e. The summed E-state index contributed by atoms with van der Waals surface area (Å²) in [5, 5.41) is 13.1. The smallest absolute Gasteiger partial charge is 0.417 e. The fourth-order valence-electron chi connectivity index (χ4n) is 3.25. The van der Waals surface area contributed by atoms with Crippen molar-refractivity contribution >= 4 is 23.8 Å². The molecule has 0 radical (unpaired) electrons. The van der Waals surface area contributed by atoms with Gasteiger partial charge in [-0.15, -0.1) is 0 Å². The van der Waals surface area contributed by atoms with E-state index in [0.29, 0.717) is 23.4 Å². The molecule has 0 aliphatic heterocycles. The molecule has 13 heteroatoms. The van der Waals surface area contributed by atoms with Gasteiger partial charge in [-0.2, -0.15) is 23.5 Å². The van der Waals surface area contributed by atoms with E-state index in [2.05, 4.69) is 25.5 Å². The third kappa shape index (κ3) is 5.74. The maximum atomic E-state index is 13.0. The lowest BCUT2D eigenvalue weighted by Gasteiger charge is -2.14. The second-order valence-electron chi connectivity index (χ2n) is 7.48. The van der Waals surface area contributed by atoms with E-state index in [-0.39, 0.29) is 39.6 Å². The number of para-hydroxylation sites is 1. The zero-order valence-electron chi connectivity index (χ0n) is 19.4. The van der Waals surface area contributed by atoms with Crippen LogP contribution < -0.4 is 20.5 Å². The van der Waals surface area contributed by atoms with Crippen LogP contribution >= 0.6 is 11.6 Å². The van der Waals surface area contributed by atoms with Gasteiger partial charge in [-0.25, -0.2) is 15.4 Å². The van der Waals surface area contributed by atoms with Gasteiger partial charge in [0.25, 0.3) is 5.56 Å². The predicted molar refractivity (Wildman–Crippen MR) is 134 cm³/mol. The highest BCUT2D eigenvalue weighted by molar-refractivity contribution is 6.31. The Morgan fingerprint density at radius 1 is 1.18 bits per heavy atom. The average Bonchev–Trinajstić information content (AvgIpc) is 2.90. The van der Waals surface area contributed by atoms with E-state index < -0.39 is 17.3 Å². The van der Waals surface area contributed by atoms with Crippen molar-refractivity contribution in [1.29, 1.82) is 5.26 Å². The number of aromatic amines is 1. The molecule has 38 heavy (non-hydrogen) atoms. The molecule has 0 saturated carbocycles. The van der Waals surface area contributed by atoms with Crippen LogP contribution in [-0.4, -0.2) is 28.3 Å². The monoisotopic (exact) mass is 540 g/mol. The van der Waals surface area contributed by atoms with Crippen LogP contribution in [-0.2, 0) is 6.18 Å². The summed E-state index contributed by atoms with van der Waals surface area (Å²) in [6.45, 7) is 0. The van der Waals surface area contributed by atoms with Crippen LogP contribution in [0.5, 0.6) is 17.4 Å². The number of hydrogen-bond donors (Lipinski definition) is 2. The first-order valence-electron chi connectivity index (χ1n) is 10.7. The Kier molecular flexibility index (Phi) is 7.59. The number of hydrazone groups is 1. The van der Waals surface area contributed by atoms with Crippen LogP contribution in [0, 0.1) is 11.3 Å². The third-order valence-corrected chi connectivity index (χ3v) is 5.29. The number of nitriles is 1. The fourth-order valence-corrected chi connectivity index (χ4v) is 3.46. The molecule has 2 aromatic carbocycles. The molecule has 0 unspecified atom stereocenters. The zero-order chi connectivity index (χ0) is 27.3. The number of benzene rings is 2. The normalized spacial score (nSPS) is 11.3. The Labute approximate surface area is 218 Å². The second kappa shape index (κ2) is 11.0. The molecule has 0 fully saturated rings. The predicted octanol–water partition coefficient (Wildman–Crippen LogP) is 5.62. The lowest BCUT2D eigenvalue weighted by Crippen LogP contribution is -2.16. The summed E-state index contributed by atoms with van der Waals surface area (Å²) >= 11 is 5.98. The van der Waals surface area contributed by atoms with Gasteiger partial charge in [0.2, 0.25) is 11.8 Å². The summed E-state index contributed by atoms with van der Waals surface area (Å²) in [5.41, 5.74) is 1.80. The largest absolute Gasteiger partial charge is 0.493 e. The molecule has 2 aromatic heterocycles. The Morgan fingerprint density at radius 2 is 1.95 bits per heavy atom. The minimum Gasteiger partial charge on any atom is -0.493 e. The molecule has 0 atom stereocenters. The van der Waals surface area contributed by atoms with E-state index in [4.69, 9.17) is 21.1 Å². The van der Waals surface area contributed by atoms with Crippen molar-refractivity contribution < 1.29 is 22.6 Å². The van der Waals surface area contributed by atoms with Crippen LogP contribution in [0.2, 0.25) is 5.02 Å². The summed E-state index contributed by atoms with van der Waals surface area (Å²) < 4.78 is 49.8. The SMILES string of the molecule is COc1cccc(C=NNc2nc(-c3ccccc3)c(C#N)c(=O)[nH]2)c1Oc1ncc(C(F)(F)F)cc1Cl. The summed E-state index contributed by atoms with van der Waals surface area (Å²) in [6.07, 6.45) is -2.72. The molecule has 0 aliphatic rings. The van der Waals surface area contributed by atoms with Crippen LogP contribution in [0.1, 0.15) is 16.7 Å². The summed E-state index contributed by atoms with van der Waals surface area (Å²) in [4.78, 5) is 22.8. The van der Waals surface area contributed by atoms with Crippen molar-refractivity contribution in [2.45, 2.75) is 6.18 Å². The van der Waals surface area contributed by atoms with Gasteiger partial charge in [0, 0.05) is 17.3 Å². The van der Waals surface area contributed by atoms with Crippen molar-refractivity contribution in [3.8, 4) is 34.7 Å². The van der Waals surface area contributed by atoms with Gasteiger partial charge in [0.15, 0.2) is 11.5 Å². The van der Waals surface area contributed by atoms with Gasteiger partial charge in [-0.1, -0.05) is 48.0 Å². The van der Waals surface area contributed by atoms with Gasteiger partial charge < -0.3 is 9.47 Å². The second-order valence-corrected chi connectivity index (χ2v) is 7.88. The standard InChI is InChI=1S/C25H16ClF3N6O3/c1-37-19-9-5-8-15(21(19)38-23-18(26)10-16(13-31-23)25(27,28)29)12-32-35-24-33-20(14-6-3-2-4-7-14)17(11-30)22(36)34-24/h2-10,12-13H,1H3,(H2,33,34,35,36). The maximum absolute atomic E-state index is 13.0. The van der Waals surface area contributed by atoms with E-state index in [0.717, 1.165) is 0 Å². The molecule has 2 N–H and O–H groups in total. The number of aromatic nitrogens is 3. The highest BCUT2D eigenvalue weighted by atomic mass is 35.5. The van der Waals surface area contributed by atoms with Crippen LogP contribution in [0.25, 0.3) is 11.3 Å². The van der Waals surface area contributed by atoms with Crippen molar-refractivity contribution in [3.63, 3.8) is 0 Å². The van der Waals surface area contributed by atoms with E-state index in [1.54, 1.807) is 48.5 Å². The number of pyridine rings is 1. The van der Waals surface area contributed by atoms with Gasteiger partial charge in [-0.05, 0) is 18.2 Å². The summed E-state index contributed by atoms with van der Waals surface area (Å²) in [6, 6.07) is 16.0. The van der Waals surface area contributed by atoms with E-state index >= 15 is 0 Å². The topological polar surface area (TPSA) is 125 Å². The molecule has 0 aliphatic carbocycles. The molecular formula is C25H16ClF3N6O3. The van der Waals surface area contributed by atoms with Crippen molar-refractivity contribution in [1.82, 2.24) is 15.0 Å². The first-order chi connectivity index (χ1) is 18.2. The van der Waals surface area contributed by atoms with E-state index in [1.165, 1.54) is 13.3 Å². The average molecular weight is 541 g/mol. The summed E-state index contributed by atoms with van der Waals surface area (Å²) in [5.74, 6) is -0.0248. The third-order valence-electron chi connectivity index (χ3n) is 5.02. The Bertz CT molecular complexity index is 1600. The first-order valence-corrected chi connectivity index (χ1v) is 11.1. The first kappa shape index (κ1) is 26.2. The quantitative estimate of drug-likeness (QED) is 0.230. The number of anilines is 1. The Balaban J connectivity index is 1.64. The molecule has 0 saturated heterocycles. The van der Waals surface area contributed by atoms with Crippen molar-refractivity contribution in [2.75, 3.05) is 12.5 Å². The molecule has 4 aromatic rings. The van der Waals surface area contributed by atoms with Gasteiger partial charge in [-0.3, -0.25) is 9.78 Å². The number of hydrogen-bond acceptors (Lipinski definition) is 8. The van der Waals surface area contributed by atoms with Crippen molar-refractivity contribution in [3.05, 3.63) is 92.9 Å². The van der Waals surface area contributed by atoms with Gasteiger partial charge >= 0.3 is 6.18 Å². The van der Waals surface area contributed by atoms with Crippen LogP contribution in [0.4, 0.5) is 19.1 Å². The molecular weight excluding hydrogens is 525 g/mol. The summed E-state index contributed by atoms with van der Waals surface area (Å²) in [7, 11) is 1.37. The molecule has 2 heterocycles.